The second kappa shape index (κ2) is 10.7. The predicted molar refractivity (Wildman–Crippen MR) is 147 cm³/mol. The molecule has 4 aromatic rings. The number of hydrogen-bond donors (Lipinski definition) is 3. The highest BCUT2D eigenvalue weighted by Crippen LogP contribution is 2.45. The number of aromatic nitrogens is 5. The molecule has 3 aromatic heterocycles. The van der Waals surface area contributed by atoms with Crippen LogP contribution in [0.4, 0.5) is 5.82 Å². The van der Waals surface area contributed by atoms with Gasteiger partial charge in [0.1, 0.15) is 5.75 Å². The Labute approximate surface area is 225 Å². The second-order valence-electron chi connectivity index (χ2n) is 9.98. The minimum atomic E-state index is -0.822. The van der Waals surface area contributed by atoms with Crippen molar-refractivity contribution in [3.63, 3.8) is 0 Å². The van der Waals surface area contributed by atoms with Crippen LogP contribution in [0.1, 0.15) is 56.7 Å². The van der Waals surface area contributed by atoms with Crippen LogP contribution in [-0.4, -0.2) is 49.2 Å². The first-order valence-corrected chi connectivity index (χ1v) is 13.3. The minimum Gasteiger partial charge on any atom is -0.495 e. The highest BCUT2D eigenvalue weighted by atomic mass is 35.5. The van der Waals surface area contributed by atoms with Gasteiger partial charge in [-0.25, -0.2) is 9.67 Å². The summed E-state index contributed by atoms with van der Waals surface area (Å²) >= 11 is 6.34. The van der Waals surface area contributed by atoms with Gasteiger partial charge in [-0.3, -0.25) is 4.79 Å². The first-order chi connectivity index (χ1) is 18.3. The Bertz CT molecular complexity index is 1480. The number of hydrogen-bond acceptors (Lipinski definition) is 8. The number of carboxylic acid groups (broad SMARTS) is 1. The Hall–Kier alpha value is -3.50. The summed E-state index contributed by atoms with van der Waals surface area (Å²) in [6.45, 7) is 3.17. The van der Waals surface area contributed by atoms with Crippen molar-refractivity contribution in [3.8, 4) is 5.75 Å². The molecule has 0 unspecified atom stereocenters. The topological polar surface area (TPSA) is 141 Å². The van der Waals surface area contributed by atoms with E-state index < -0.39 is 11.4 Å². The number of carboxylic acids is 1. The van der Waals surface area contributed by atoms with E-state index in [1.807, 2.05) is 42.2 Å². The number of nitrogens with two attached hydrogens (primary N) is 1. The zero-order valence-corrected chi connectivity index (χ0v) is 22.3. The molecule has 0 saturated heterocycles. The highest BCUT2D eigenvalue weighted by molar-refractivity contribution is 6.32. The molecule has 0 amide bonds. The SMILES string of the molecule is CCn1ncc2c3c(NCc4ccc(OC)c(Cl)c4)nnc([C@]4(CCC(=O)O)CC[C@H](N)CC4)c3cnc21. The van der Waals surface area contributed by atoms with E-state index in [0.29, 0.717) is 36.1 Å². The number of aryl methyl sites for hydroxylation is 1. The number of nitrogens with zero attached hydrogens (tertiary/aromatic N) is 5. The van der Waals surface area contributed by atoms with Gasteiger partial charge in [-0.2, -0.15) is 10.2 Å². The Kier molecular flexibility index (Phi) is 7.36. The van der Waals surface area contributed by atoms with Crippen molar-refractivity contribution in [2.24, 2.45) is 5.73 Å². The first kappa shape index (κ1) is 26.1. The quantitative estimate of drug-likeness (QED) is 0.277. The number of halogens is 1. The lowest BCUT2D eigenvalue weighted by Gasteiger charge is -2.39. The lowest BCUT2D eigenvalue weighted by Crippen LogP contribution is -2.38. The molecule has 10 nitrogen and oxygen atoms in total. The lowest BCUT2D eigenvalue weighted by atomic mass is 9.67. The normalized spacial score (nSPS) is 19.6. The van der Waals surface area contributed by atoms with Gasteiger partial charge in [0.15, 0.2) is 11.5 Å². The molecule has 1 aromatic carbocycles. The summed E-state index contributed by atoms with van der Waals surface area (Å²) in [5.41, 5.74) is 8.32. The van der Waals surface area contributed by atoms with E-state index in [9.17, 15) is 9.90 Å². The molecule has 3 heterocycles. The fourth-order valence-electron chi connectivity index (χ4n) is 5.56. The second-order valence-corrected chi connectivity index (χ2v) is 10.4. The van der Waals surface area contributed by atoms with Gasteiger partial charge < -0.3 is 20.9 Å². The van der Waals surface area contributed by atoms with Crippen molar-refractivity contribution in [1.29, 1.82) is 0 Å². The molecule has 200 valence electrons. The number of aliphatic carboxylic acids is 1. The number of nitrogens with one attached hydrogen (secondary N) is 1. The van der Waals surface area contributed by atoms with Gasteiger partial charge >= 0.3 is 5.97 Å². The average molecular weight is 538 g/mol. The number of pyridine rings is 1. The van der Waals surface area contributed by atoms with Gasteiger partial charge in [0.2, 0.25) is 0 Å². The maximum Gasteiger partial charge on any atom is 0.303 e. The number of ether oxygens (including phenoxy) is 1. The average Bonchev–Trinajstić information content (AvgIpc) is 3.35. The van der Waals surface area contributed by atoms with Gasteiger partial charge in [0.25, 0.3) is 0 Å². The van der Waals surface area contributed by atoms with Gasteiger partial charge in [-0.15, -0.1) is 5.10 Å². The van der Waals surface area contributed by atoms with Crippen LogP contribution >= 0.6 is 11.6 Å². The van der Waals surface area contributed by atoms with E-state index in [1.165, 1.54) is 0 Å². The molecule has 0 radical (unpaired) electrons. The van der Waals surface area contributed by atoms with E-state index >= 15 is 0 Å². The predicted octanol–water partition coefficient (Wildman–Crippen LogP) is 4.67. The summed E-state index contributed by atoms with van der Waals surface area (Å²) in [5.74, 6) is 0.404. The minimum absolute atomic E-state index is 0.0556. The molecule has 0 atom stereocenters. The zero-order chi connectivity index (χ0) is 26.9. The third-order valence-corrected chi connectivity index (χ3v) is 7.99. The van der Waals surface area contributed by atoms with E-state index in [1.54, 1.807) is 7.11 Å². The Morgan fingerprint density at radius 3 is 2.74 bits per heavy atom. The summed E-state index contributed by atoms with van der Waals surface area (Å²) < 4.78 is 7.12. The summed E-state index contributed by atoms with van der Waals surface area (Å²) in [6.07, 6.45) is 7.32. The highest BCUT2D eigenvalue weighted by Gasteiger charge is 2.39. The molecule has 1 aliphatic carbocycles. The van der Waals surface area contributed by atoms with Crippen molar-refractivity contribution >= 4 is 45.2 Å². The molecule has 4 N–H and O–H groups in total. The number of fused-ring (bicyclic) bond motifs is 3. The number of benzene rings is 1. The summed E-state index contributed by atoms with van der Waals surface area (Å²) in [6, 6.07) is 5.74. The molecule has 1 aliphatic rings. The molecule has 0 aliphatic heterocycles. The zero-order valence-electron chi connectivity index (χ0n) is 21.6. The number of carbonyl (C=O) groups is 1. The lowest BCUT2D eigenvalue weighted by molar-refractivity contribution is -0.137. The number of anilines is 1. The van der Waals surface area contributed by atoms with Crippen molar-refractivity contribution in [1.82, 2.24) is 25.0 Å². The Morgan fingerprint density at radius 1 is 1.26 bits per heavy atom. The van der Waals surface area contributed by atoms with Gasteiger partial charge in [0.05, 0.1) is 29.4 Å². The van der Waals surface area contributed by atoms with Crippen LogP contribution < -0.4 is 15.8 Å². The van der Waals surface area contributed by atoms with E-state index in [-0.39, 0.29) is 12.5 Å². The molecule has 5 rings (SSSR count). The van der Waals surface area contributed by atoms with Crippen molar-refractivity contribution < 1.29 is 14.6 Å². The van der Waals surface area contributed by atoms with Crippen LogP contribution in [0.5, 0.6) is 5.75 Å². The largest absolute Gasteiger partial charge is 0.495 e. The molecule has 11 heteroatoms. The molecule has 0 spiro atoms. The number of methoxy groups -OCH3 is 1. The fourth-order valence-corrected chi connectivity index (χ4v) is 5.84. The molecular weight excluding hydrogens is 506 g/mol. The molecule has 1 fully saturated rings. The maximum absolute atomic E-state index is 11.6. The fraction of sp³-hybridized carbons (Fsp3) is 0.444. The van der Waals surface area contributed by atoms with Crippen molar-refractivity contribution in [2.75, 3.05) is 12.4 Å². The van der Waals surface area contributed by atoms with Crippen LogP contribution in [0, 0.1) is 0 Å². The van der Waals surface area contributed by atoms with Crippen LogP contribution in [0.25, 0.3) is 21.8 Å². The summed E-state index contributed by atoms with van der Waals surface area (Å²) in [4.78, 5) is 16.3. The monoisotopic (exact) mass is 537 g/mol. The molecule has 38 heavy (non-hydrogen) atoms. The smallest absolute Gasteiger partial charge is 0.303 e. The third kappa shape index (κ3) is 4.86. The molecule has 1 saturated carbocycles. The van der Waals surface area contributed by atoms with Crippen LogP contribution in [-0.2, 0) is 23.3 Å². The van der Waals surface area contributed by atoms with Gasteiger partial charge in [-0.1, -0.05) is 17.7 Å². The molecular formula is C27H32ClN7O3. The third-order valence-electron chi connectivity index (χ3n) is 7.69. The molecule has 0 bridgehead atoms. The first-order valence-electron chi connectivity index (χ1n) is 12.9. The maximum atomic E-state index is 11.6. The Balaban J connectivity index is 1.62. The van der Waals surface area contributed by atoms with E-state index in [0.717, 1.165) is 58.7 Å². The Morgan fingerprint density at radius 2 is 2.05 bits per heavy atom. The van der Waals surface area contributed by atoms with E-state index in [2.05, 4.69) is 15.5 Å². The van der Waals surface area contributed by atoms with Crippen LogP contribution in [0.2, 0.25) is 5.02 Å². The van der Waals surface area contributed by atoms with Crippen LogP contribution in [0.15, 0.2) is 30.6 Å². The van der Waals surface area contributed by atoms with Crippen LogP contribution in [0.3, 0.4) is 0 Å². The van der Waals surface area contributed by atoms with Gasteiger partial charge in [-0.05, 0) is 56.7 Å². The van der Waals surface area contributed by atoms with Crippen molar-refractivity contribution in [3.05, 3.63) is 46.9 Å². The van der Waals surface area contributed by atoms with Gasteiger partial charge in [0, 0.05) is 47.9 Å². The summed E-state index contributed by atoms with van der Waals surface area (Å²) in [7, 11) is 1.58. The number of rotatable bonds is 9. The van der Waals surface area contributed by atoms with E-state index in [4.69, 9.17) is 32.2 Å². The van der Waals surface area contributed by atoms with Crippen molar-refractivity contribution in [2.45, 2.75) is 70.0 Å². The standard InChI is InChI=1S/C27H32ClN7O3/c1-3-35-26-19(15-32-35)23-18(14-31-26)24(27(11-8-22(36)37)9-6-17(29)7-10-27)33-34-25(23)30-13-16-4-5-21(38-2)20(28)12-16/h4-5,12,14-15,17H,3,6-11,13,29H2,1-2H3,(H,30,34)(H,36,37)/t17-,27+. The summed E-state index contributed by atoms with van der Waals surface area (Å²) in [5, 5.41) is 30.0.